The lowest BCUT2D eigenvalue weighted by Gasteiger charge is -2.04. The first-order chi connectivity index (χ1) is 15.7. The van der Waals surface area contributed by atoms with E-state index in [0.29, 0.717) is 6.61 Å². The fraction of sp³-hybridized carbons (Fsp3) is 0.690. The Hall–Kier alpha value is -1.77. The highest BCUT2D eigenvalue weighted by Gasteiger charge is 1.98. The number of benzene rings is 1. The van der Waals surface area contributed by atoms with E-state index in [1.165, 1.54) is 109 Å². The van der Waals surface area contributed by atoms with Crippen molar-refractivity contribution in [3.05, 3.63) is 35.9 Å². The number of hydrogen-bond acceptors (Lipinski definition) is 3. The van der Waals surface area contributed by atoms with Crippen LogP contribution in [0.5, 0.6) is 5.75 Å². The summed E-state index contributed by atoms with van der Waals surface area (Å²) in [6.45, 7) is 2.78. The van der Waals surface area contributed by atoms with Crippen molar-refractivity contribution < 1.29 is 14.6 Å². The second kappa shape index (κ2) is 21.1. The van der Waals surface area contributed by atoms with E-state index in [1.807, 2.05) is 0 Å². The summed E-state index contributed by atoms with van der Waals surface area (Å²) in [5.74, 6) is -0.0798. The number of esters is 1. The van der Waals surface area contributed by atoms with E-state index in [2.05, 4.69) is 6.92 Å². The molecule has 0 atom stereocenters. The molecule has 0 heterocycles. The SMILES string of the molecule is CCCCCCCCCCCCCCCCCCCCOC(=O)/C=C\c1ccc(O)cc1. The molecule has 0 amide bonds. The average Bonchev–Trinajstić information content (AvgIpc) is 2.80. The van der Waals surface area contributed by atoms with Crippen LogP contribution in [-0.4, -0.2) is 17.7 Å². The van der Waals surface area contributed by atoms with E-state index >= 15 is 0 Å². The molecule has 0 aliphatic carbocycles. The van der Waals surface area contributed by atoms with Crippen LogP contribution >= 0.6 is 0 Å². The van der Waals surface area contributed by atoms with Gasteiger partial charge in [0.2, 0.25) is 0 Å². The molecule has 3 heteroatoms. The molecule has 0 aromatic heterocycles. The van der Waals surface area contributed by atoms with Crippen molar-refractivity contribution in [1.29, 1.82) is 0 Å². The zero-order valence-corrected chi connectivity index (χ0v) is 20.7. The molecule has 0 fully saturated rings. The highest BCUT2D eigenvalue weighted by Crippen LogP contribution is 2.14. The van der Waals surface area contributed by atoms with E-state index in [0.717, 1.165) is 18.4 Å². The van der Waals surface area contributed by atoms with Gasteiger partial charge >= 0.3 is 5.97 Å². The predicted octanol–water partition coefficient (Wildman–Crippen LogP) is 8.99. The molecule has 1 aromatic rings. The van der Waals surface area contributed by atoms with E-state index in [-0.39, 0.29) is 11.7 Å². The lowest BCUT2D eigenvalue weighted by molar-refractivity contribution is -0.137. The molecule has 0 aliphatic heterocycles. The molecule has 32 heavy (non-hydrogen) atoms. The van der Waals surface area contributed by atoms with Crippen LogP contribution in [0.4, 0.5) is 0 Å². The Morgan fingerprint density at radius 3 is 1.53 bits per heavy atom. The molecular weight excluding hydrogens is 396 g/mol. The van der Waals surface area contributed by atoms with Crippen molar-refractivity contribution in [3.8, 4) is 5.75 Å². The Morgan fingerprint density at radius 1 is 0.688 bits per heavy atom. The summed E-state index contributed by atoms with van der Waals surface area (Å²) < 4.78 is 5.24. The first kappa shape index (κ1) is 28.3. The average molecular weight is 445 g/mol. The largest absolute Gasteiger partial charge is 0.508 e. The monoisotopic (exact) mass is 444 g/mol. The van der Waals surface area contributed by atoms with Gasteiger partial charge in [-0.25, -0.2) is 4.79 Å². The van der Waals surface area contributed by atoms with Crippen LogP contribution < -0.4 is 0 Å². The molecule has 0 spiro atoms. The molecule has 182 valence electrons. The lowest BCUT2D eigenvalue weighted by Crippen LogP contribution is -2.02. The zero-order valence-electron chi connectivity index (χ0n) is 20.7. The van der Waals surface area contributed by atoms with Gasteiger partial charge in [-0.1, -0.05) is 128 Å². The first-order valence-electron chi connectivity index (χ1n) is 13.4. The van der Waals surface area contributed by atoms with Gasteiger partial charge in [0, 0.05) is 6.08 Å². The molecule has 3 nitrogen and oxygen atoms in total. The summed E-state index contributed by atoms with van der Waals surface area (Å²) in [4.78, 5) is 11.7. The van der Waals surface area contributed by atoms with Crippen molar-refractivity contribution in [2.24, 2.45) is 0 Å². The standard InChI is InChI=1S/C29H48O3/c1-2-3-4-5-6-7-8-9-10-11-12-13-14-15-16-17-18-19-26-32-29(31)25-22-27-20-23-28(30)24-21-27/h20-25,30H,2-19,26H2,1H3/b25-22-. The second-order valence-electron chi connectivity index (χ2n) is 9.10. The zero-order chi connectivity index (χ0) is 23.1. The maximum atomic E-state index is 11.7. The van der Waals surface area contributed by atoms with Crippen LogP contribution in [0.15, 0.2) is 30.3 Å². The number of unbranched alkanes of at least 4 members (excludes halogenated alkanes) is 17. The van der Waals surface area contributed by atoms with Crippen molar-refractivity contribution in [2.45, 2.75) is 122 Å². The smallest absolute Gasteiger partial charge is 0.330 e. The molecule has 1 rings (SSSR count). The highest BCUT2D eigenvalue weighted by molar-refractivity contribution is 5.87. The van der Waals surface area contributed by atoms with Gasteiger partial charge in [0.25, 0.3) is 0 Å². The number of aromatic hydroxyl groups is 1. The molecular formula is C29H48O3. The molecule has 0 unspecified atom stereocenters. The highest BCUT2D eigenvalue weighted by atomic mass is 16.5. The minimum atomic E-state index is -0.301. The third-order valence-electron chi connectivity index (χ3n) is 6.05. The van der Waals surface area contributed by atoms with Crippen molar-refractivity contribution in [1.82, 2.24) is 0 Å². The maximum absolute atomic E-state index is 11.7. The quantitative estimate of drug-likeness (QED) is 0.117. The molecule has 0 saturated carbocycles. The van der Waals surface area contributed by atoms with Gasteiger partial charge in [0.15, 0.2) is 0 Å². The van der Waals surface area contributed by atoms with Crippen LogP contribution in [0.3, 0.4) is 0 Å². The molecule has 0 aliphatic rings. The molecule has 1 N–H and O–H groups in total. The van der Waals surface area contributed by atoms with Gasteiger partial charge in [0.1, 0.15) is 5.75 Å². The van der Waals surface area contributed by atoms with Gasteiger partial charge in [-0.15, -0.1) is 0 Å². The fourth-order valence-corrected chi connectivity index (χ4v) is 3.97. The van der Waals surface area contributed by atoms with Crippen molar-refractivity contribution in [3.63, 3.8) is 0 Å². The second-order valence-corrected chi connectivity index (χ2v) is 9.10. The van der Waals surface area contributed by atoms with Gasteiger partial charge in [-0.2, -0.15) is 0 Å². The van der Waals surface area contributed by atoms with Crippen LogP contribution in [0.25, 0.3) is 6.08 Å². The topological polar surface area (TPSA) is 46.5 Å². The fourth-order valence-electron chi connectivity index (χ4n) is 3.97. The Bertz CT molecular complexity index is 577. The predicted molar refractivity (Wildman–Crippen MR) is 137 cm³/mol. The number of rotatable bonds is 21. The molecule has 1 aromatic carbocycles. The summed E-state index contributed by atoms with van der Waals surface area (Å²) in [5, 5.41) is 9.24. The van der Waals surface area contributed by atoms with Gasteiger partial charge < -0.3 is 9.84 Å². The summed E-state index contributed by atoms with van der Waals surface area (Å²) in [5.41, 5.74) is 0.868. The van der Waals surface area contributed by atoms with Gasteiger partial charge in [0.05, 0.1) is 6.61 Å². The summed E-state index contributed by atoms with van der Waals surface area (Å²) in [7, 11) is 0. The van der Waals surface area contributed by atoms with Crippen LogP contribution in [0.2, 0.25) is 0 Å². The van der Waals surface area contributed by atoms with E-state index in [4.69, 9.17) is 4.74 Å². The summed E-state index contributed by atoms with van der Waals surface area (Å²) in [6.07, 6.45) is 27.5. The molecule has 0 saturated heterocycles. The number of ether oxygens (including phenoxy) is 1. The number of phenolic OH excluding ortho intramolecular Hbond substituents is 1. The van der Waals surface area contributed by atoms with Gasteiger partial charge in [-0.05, 0) is 30.2 Å². The number of hydrogen-bond donors (Lipinski definition) is 1. The number of carbonyl (C=O) groups excluding carboxylic acids is 1. The summed E-state index contributed by atoms with van der Waals surface area (Å²) in [6, 6.07) is 6.72. The number of carbonyl (C=O) groups is 1. The van der Waals surface area contributed by atoms with Crippen LogP contribution in [0.1, 0.15) is 128 Å². The molecule has 0 bridgehead atoms. The van der Waals surface area contributed by atoms with E-state index < -0.39 is 0 Å². The molecule has 0 radical (unpaired) electrons. The Labute approximate surface area is 197 Å². The van der Waals surface area contributed by atoms with E-state index in [1.54, 1.807) is 30.3 Å². The minimum Gasteiger partial charge on any atom is -0.508 e. The van der Waals surface area contributed by atoms with Gasteiger partial charge in [-0.3, -0.25) is 0 Å². The maximum Gasteiger partial charge on any atom is 0.330 e. The van der Waals surface area contributed by atoms with Crippen LogP contribution in [-0.2, 0) is 9.53 Å². The Morgan fingerprint density at radius 2 is 1.09 bits per heavy atom. The Balaban J connectivity index is 1.78. The summed E-state index contributed by atoms with van der Waals surface area (Å²) >= 11 is 0. The van der Waals surface area contributed by atoms with Crippen molar-refractivity contribution in [2.75, 3.05) is 6.61 Å². The number of phenols is 1. The van der Waals surface area contributed by atoms with E-state index in [9.17, 15) is 9.90 Å². The third-order valence-corrected chi connectivity index (χ3v) is 6.05. The minimum absolute atomic E-state index is 0.221. The lowest BCUT2D eigenvalue weighted by atomic mass is 10.0. The third kappa shape index (κ3) is 17.9. The van der Waals surface area contributed by atoms with Crippen molar-refractivity contribution >= 4 is 12.0 Å². The Kier molecular flexibility index (Phi) is 18.6. The first-order valence-corrected chi connectivity index (χ1v) is 13.4. The normalized spacial score (nSPS) is 11.3. The van der Waals surface area contributed by atoms with Crippen LogP contribution in [0, 0.1) is 0 Å².